The molecule has 1 aromatic heterocycles. The molecule has 2 nitrogen and oxygen atoms in total. The fourth-order valence-electron chi connectivity index (χ4n) is 3.03. The molecule has 1 saturated carbocycles. The van der Waals surface area contributed by atoms with Crippen LogP contribution in [0.2, 0.25) is 0 Å². The Morgan fingerprint density at radius 2 is 2.22 bits per heavy atom. The van der Waals surface area contributed by atoms with Crippen molar-refractivity contribution in [3.8, 4) is 0 Å². The molecular weight excluding hydrogens is 290 g/mol. The molecule has 3 heteroatoms. The number of rotatable bonds is 4. The van der Waals surface area contributed by atoms with Crippen LogP contribution in [0.1, 0.15) is 44.7 Å². The zero-order valence-electron chi connectivity index (χ0n) is 11.0. The van der Waals surface area contributed by atoms with Gasteiger partial charge in [0.25, 0.3) is 0 Å². The van der Waals surface area contributed by atoms with Crippen molar-refractivity contribution in [2.45, 2.75) is 51.6 Å². The first kappa shape index (κ1) is 14.0. The zero-order valence-corrected chi connectivity index (χ0v) is 12.6. The number of nitrogens with zero attached hydrogens (tertiary/aromatic N) is 1. The highest BCUT2D eigenvalue weighted by molar-refractivity contribution is 9.10. The average molecular weight is 312 g/mol. The Morgan fingerprint density at radius 1 is 1.39 bits per heavy atom. The summed E-state index contributed by atoms with van der Waals surface area (Å²) >= 11 is 3.40. The van der Waals surface area contributed by atoms with Gasteiger partial charge in [0.05, 0.1) is 6.10 Å². The highest BCUT2D eigenvalue weighted by Crippen LogP contribution is 2.33. The van der Waals surface area contributed by atoms with Crippen molar-refractivity contribution >= 4 is 15.9 Å². The Balaban J connectivity index is 1.95. The van der Waals surface area contributed by atoms with E-state index in [1.54, 1.807) is 0 Å². The van der Waals surface area contributed by atoms with E-state index in [-0.39, 0.29) is 6.10 Å². The minimum atomic E-state index is -0.136. The number of aromatic nitrogens is 1. The van der Waals surface area contributed by atoms with Gasteiger partial charge in [0.2, 0.25) is 0 Å². The van der Waals surface area contributed by atoms with E-state index in [2.05, 4.69) is 33.9 Å². The molecule has 2 rings (SSSR count). The normalized spacial score (nSPS) is 28.3. The first-order valence-electron chi connectivity index (χ1n) is 6.97. The number of hydrogen-bond acceptors (Lipinski definition) is 2. The maximum absolute atomic E-state index is 10.1. The Hall–Kier alpha value is -0.410. The highest BCUT2D eigenvalue weighted by Gasteiger charge is 2.28. The predicted molar refractivity (Wildman–Crippen MR) is 77.4 cm³/mol. The van der Waals surface area contributed by atoms with Crippen LogP contribution < -0.4 is 0 Å². The third kappa shape index (κ3) is 3.79. The molecule has 0 aromatic carbocycles. The van der Waals surface area contributed by atoms with Gasteiger partial charge in [-0.3, -0.25) is 4.98 Å². The second kappa shape index (κ2) is 6.67. The smallest absolute Gasteiger partial charge is 0.0572 e. The molecular formula is C15H22BrNO. The van der Waals surface area contributed by atoms with Gasteiger partial charge in [0.15, 0.2) is 0 Å². The van der Waals surface area contributed by atoms with E-state index in [0.717, 1.165) is 35.3 Å². The maximum atomic E-state index is 10.1. The number of pyridine rings is 1. The summed E-state index contributed by atoms with van der Waals surface area (Å²) in [5.41, 5.74) is 1.10. The van der Waals surface area contributed by atoms with Gasteiger partial charge in [-0.1, -0.05) is 19.8 Å². The van der Waals surface area contributed by atoms with Crippen LogP contribution in [0.25, 0.3) is 0 Å². The second-order valence-corrected chi connectivity index (χ2v) is 6.38. The standard InChI is InChI=1S/C15H22BrNO/c1-2-3-11-4-7-15(18)12(8-11)9-14-6-5-13(16)10-17-14/h5-6,10-12,15,18H,2-4,7-9H2,1H3. The third-order valence-corrected chi connectivity index (χ3v) is 4.48. The lowest BCUT2D eigenvalue weighted by atomic mass is 9.76. The van der Waals surface area contributed by atoms with E-state index in [1.807, 2.05) is 12.3 Å². The molecule has 1 heterocycles. The summed E-state index contributed by atoms with van der Waals surface area (Å²) in [6.45, 7) is 2.25. The molecule has 100 valence electrons. The molecule has 1 aliphatic carbocycles. The molecule has 1 aliphatic rings. The van der Waals surface area contributed by atoms with Crippen molar-refractivity contribution in [1.29, 1.82) is 0 Å². The van der Waals surface area contributed by atoms with Gasteiger partial charge in [0, 0.05) is 16.4 Å². The molecule has 1 N–H and O–H groups in total. The summed E-state index contributed by atoms with van der Waals surface area (Å²) in [5, 5.41) is 10.1. The molecule has 0 radical (unpaired) electrons. The molecule has 3 unspecified atom stereocenters. The predicted octanol–water partition coefficient (Wildman–Crippen LogP) is 3.96. The van der Waals surface area contributed by atoms with Crippen LogP contribution in [-0.2, 0) is 6.42 Å². The topological polar surface area (TPSA) is 33.1 Å². The van der Waals surface area contributed by atoms with Crippen molar-refractivity contribution in [1.82, 2.24) is 4.98 Å². The van der Waals surface area contributed by atoms with Gasteiger partial charge in [-0.25, -0.2) is 0 Å². The highest BCUT2D eigenvalue weighted by atomic mass is 79.9. The van der Waals surface area contributed by atoms with Gasteiger partial charge in [-0.05, 0) is 65.6 Å². The van der Waals surface area contributed by atoms with Crippen molar-refractivity contribution in [2.75, 3.05) is 0 Å². The van der Waals surface area contributed by atoms with E-state index >= 15 is 0 Å². The lowest BCUT2D eigenvalue weighted by Gasteiger charge is -2.33. The van der Waals surface area contributed by atoms with Gasteiger partial charge in [0.1, 0.15) is 0 Å². The first-order chi connectivity index (χ1) is 8.69. The molecule has 1 aromatic rings. The van der Waals surface area contributed by atoms with E-state index in [0.29, 0.717) is 5.92 Å². The molecule has 0 spiro atoms. The van der Waals surface area contributed by atoms with Crippen LogP contribution in [0.4, 0.5) is 0 Å². The average Bonchev–Trinajstić information content (AvgIpc) is 2.36. The Bertz CT molecular complexity index is 365. The summed E-state index contributed by atoms with van der Waals surface area (Å²) in [6, 6.07) is 4.08. The van der Waals surface area contributed by atoms with Crippen molar-refractivity contribution < 1.29 is 5.11 Å². The SMILES string of the molecule is CCCC1CCC(O)C(Cc2ccc(Br)cn2)C1. The molecule has 0 aliphatic heterocycles. The van der Waals surface area contributed by atoms with Crippen molar-refractivity contribution in [3.63, 3.8) is 0 Å². The van der Waals surface area contributed by atoms with Crippen LogP contribution in [0.15, 0.2) is 22.8 Å². The summed E-state index contributed by atoms with van der Waals surface area (Å²) in [5.74, 6) is 1.20. The third-order valence-electron chi connectivity index (χ3n) is 4.01. The fourth-order valence-corrected chi connectivity index (χ4v) is 3.27. The van der Waals surface area contributed by atoms with E-state index in [4.69, 9.17) is 0 Å². The summed E-state index contributed by atoms with van der Waals surface area (Å²) in [4.78, 5) is 4.42. The van der Waals surface area contributed by atoms with Gasteiger partial charge < -0.3 is 5.11 Å². The molecule has 18 heavy (non-hydrogen) atoms. The molecule has 0 amide bonds. The molecule has 1 fully saturated rings. The van der Waals surface area contributed by atoms with E-state index in [1.165, 1.54) is 19.3 Å². The quantitative estimate of drug-likeness (QED) is 0.913. The van der Waals surface area contributed by atoms with Gasteiger partial charge in [-0.15, -0.1) is 0 Å². The Morgan fingerprint density at radius 3 is 2.89 bits per heavy atom. The van der Waals surface area contributed by atoms with Crippen molar-refractivity contribution in [3.05, 3.63) is 28.5 Å². The summed E-state index contributed by atoms with van der Waals surface area (Å²) < 4.78 is 1.01. The summed E-state index contributed by atoms with van der Waals surface area (Å²) in [6.07, 6.45) is 8.49. The first-order valence-corrected chi connectivity index (χ1v) is 7.76. The number of aliphatic hydroxyl groups is 1. The zero-order chi connectivity index (χ0) is 13.0. The van der Waals surface area contributed by atoms with Gasteiger partial charge in [-0.2, -0.15) is 0 Å². The number of aliphatic hydroxyl groups excluding tert-OH is 1. The maximum Gasteiger partial charge on any atom is 0.0572 e. The van der Waals surface area contributed by atoms with Crippen LogP contribution >= 0.6 is 15.9 Å². The van der Waals surface area contributed by atoms with Gasteiger partial charge >= 0.3 is 0 Å². The number of halogens is 1. The van der Waals surface area contributed by atoms with Crippen molar-refractivity contribution in [2.24, 2.45) is 11.8 Å². The number of hydrogen-bond donors (Lipinski definition) is 1. The largest absolute Gasteiger partial charge is 0.393 e. The second-order valence-electron chi connectivity index (χ2n) is 5.47. The lowest BCUT2D eigenvalue weighted by Crippen LogP contribution is -2.30. The minimum absolute atomic E-state index is 0.136. The van der Waals surface area contributed by atoms with E-state index in [9.17, 15) is 5.11 Å². The Kier molecular flexibility index (Phi) is 5.19. The summed E-state index contributed by atoms with van der Waals surface area (Å²) in [7, 11) is 0. The Labute approximate surface area is 118 Å². The molecule has 0 bridgehead atoms. The van der Waals surface area contributed by atoms with Crippen LogP contribution in [0, 0.1) is 11.8 Å². The van der Waals surface area contributed by atoms with Crippen LogP contribution in [-0.4, -0.2) is 16.2 Å². The fraction of sp³-hybridized carbons (Fsp3) is 0.667. The van der Waals surface area contributed by atoms with Crippen LogP contribution in [0.3, 0.4) is 0 Å². The minimum Gasteiger partial charge on any atom is -0.393 e. The molecule has 0 saturated heterocycles. The molecule has 3 atom stereocenters. The lowest BCUT2D eigenvalue weighted by molar-refractivity contribution is 0.0458. The monoisotopic (exact) mass is 311 g/mol. The van der Waals surface area contributed by atoms with Crippen LogP contribution in [0.5, 0.6) is 0 Å². The van der Waals surface area contributed by atoms with E-state index < -0.39 is 0 Å².